The Bertz CT molecular complexity index is 992. The van der Waals surface area contributed by atoms with Gasteiger partial charge < -0.3 is 5.32 Å². The van der Waals surface area contributed by atoms with Crippen LogP contribution in [0.3, 0.4) is 0 Å². The molecule has 0 radical (unpaired) electrons. The molecule has 0 saturated heterocycles. The minimum Gasteiger partial charge on any atom is -0.324 e. The minimum atomic E-state index is -3.70. The molecule has 27 heavy (non-hydrogen) atoms. The summed E-state index contributed by atoms with van der Waals surface area (Å²) < 4.78 is 25.4. The van der Waals surface area contributed by atoms with Gasteiger partial charge in [0.1, 0.15) is 6.54 Å². The topological polar surface area (TPSA) is 90.3 Å². The van der Waals surface area contributed by atoms with Gasteiger partial charge in [0, 0.05) is 5.69 Å². The quantitative estimate of drug-likeness (QED) is 0.825. The summed E-state index contributed by atoms with van der Waals surface area (Å²) in [6.45, 7) is 5.58. The van der Waals surface area contributed by atoms with Crippen LogP contribution < -0.4 is 9.62 Å². The average Bonchev–Trinajstić information content (AvgIpc) is 2.60. The molecule has 0 heterocycles. The van der Waals surface area contributed by atoms with Crippen LogP contribution in [0.25, 0.3) is 0 Å². The summed E-state index contributed by atoms with van der Waals surface area (Å²) in [5.41, 5.74) is 3.20. The Balaban J connectivity index is 2.32. The Morgan fingerprint density at radius 1 is 1.22 bits per heavy atom. The SMILES string of the molecule is Cc1cccc(C(C)C)c1NC(=O)CN(c1cccc(C#N)c1)S(C)(=O)=O. The van der Waals surface area contributed by atoms with Gasteiger partial charge >= 0.3 is 0 Å². The lowest BCUT2D eigenvalue weighted by Crippen LogP contribution is -2.37. The van der Waals surface area contributed by atoms with E-state index in [0.717, 1.165) is 21.7 Å². The zero-order chi connectivity index (χ0) is 20.2. The number of para-hydroxylation sites is 1. The van der Waals surface area contributed by atoms with E-state index in [-0.39, 0.29) is 18.2 Å². The highest BCUT2D eigenvalue weighted by Gasteiger charge is 2.22. The zero-order valence-electron chi connectivity index (χ0n) is 15.9. The highest BCUT2D eigenvalue weighted by molar-refractivity contribution is 7.92. The molecule has 0 aliphatic heterocycles. The summed E-state index contributed by atoms with van der Waals surface area (Å²) in [4.78, 5) is 12.6. The largest absolute Gasteiger partial charge is 0.324 e. The van der Waals surface area contributed by atoms with Crippen molar-refractivity contribution in [3.05, 3.63) is 59.2 Å². The van der Waals surface area contributed by atoms with E-state index < -0.39 is 15.9 Å². The number of rotatable bonds is 6. The smallest absolute Gasteiger partial charge is 0.245 e. The van der Waals surface area contributed by atoms with Gasteiger partial charge in [0.15, 0.2) is 0 Å². The van der Waals surface area contributed by atoms with Crippen molar-refractivity contribution in [1.29, 1.82) is 5.26 Å². The lowest BCUT2D eigenvalue weighted by atomic mass is 9.98. The van der Waals surface area contributed by atoms with Crippen molar-refractivity contribution in [2.45, 2.75) is 26.7 Å². The van der Waals surface area contributed by atoms with Crippen molar-refractivity contribution in [1.82, 2.24) is 0 Å². The molecule has 1 amide bonds. The van der Waals surface area contributed by atoms with Crippen LogP contribution >= 0.6 is 0 Å². The van der Waals surface area contributed by atoms with Crippen LogP contribution in [0.15, 0.2) is 42.5 Å². The highest BCUT2D eigenvalue weighted by atomic mass is 32.2. The van der Waals surface area contributed by atoms with E-state index in [0.29, 0.717) is 11.3 Å². The second-order valence-electron chi connectivity index (χ2n) is 6.67. The number of benzene rings is 2. The number of nitriles is 1. The number of hydrogen-bond donors (Lipinski definition) is 1. The Morgan fingerprint density at radius 2 is 1.89 bits per heavy atom. The molecule has 0 spiro atoms. The fraction of sp³-hybridized carbons (Fsp3) is 0.300. The normalized spacial score (nSPS) is 11.1. The van der Waals surface area contributed by atoms with Gasteiger partial charge in [-0.1, -0.05) is 38.1 Å². The maximum Gasteiger partial charge on any atom is 0.245 e. The third-order valence-electron chi connectivity index (χ3n) is 4.14. The molecule has 142 valence electrons. The molecule has 0 unspecified atom stereocenters. The van der Waals surface area contributed by atoms with E-state index in [4.69, 9.17) is 5.26 Å². The van der Waals surface area contributed by atoms with Gasteiger partial charge in [0.25, 0.3) is 0 Å². The number of amides is 1. The van der Waals surface area contributed by atoms with Gasteiger partial charge in [-0.15, -0.1) is 0 Å². The lowest BCUT2D eigenvalue weighted by molar-refractivity contribution is -0.114. The lowest BCUT2D eigenvalue weighted by Gasteiger charge is -2.23. The van der Waals surface area contributed by atoms with Crippen LogP contribution in [0, 0.1) is 18.3 Å². The maximum absolute atomic E-state index is 12.6. The van der Waals surface area contributed by atoms with Crippen LogP contribution in [0.4, 0.5) is 11.4 Å². The van der Waals surface area contributed by atoms with Gasteiger partial charge in [-0.25, -0.2) is 8.42 Å². The molecule has 0 fully saturated rings. The van der Waals surface area contributed by atoms with E-state index >= 15 is 0 Å². The van der Waals surface area contributed by atoms with Crippen molar-refractivity contribution in [2.24, 2.45) is 0 Å². The third kappa shape index (κ3) is 5.08. The average molecular weight is 385 g/mol. The van der Waals surface area contributed by atoms with Crippen LogP contribution in [0.1, 0.15) is 36.5 Å². The molecule has 2 aromatic carbocycles. The van der Waals surface area contributed by atoms with E-state index in [9.17, 15) is 13.2 Å². The maximum atomic E-state index is 12.6. The number of carbonyl (C=O) groups is 1. The fourth-order valence-corrected chi connectivity index (χ4v) is 3.63. The molecule has 0 saturated carbocycles. The highest BCUT2D eigenvalue weighted by Crippen LogP contribution is 2.27. The number of hydrogen-bond acceptors (Lipinski definition) is 4. The summed E-state index contributed by atoms with van der Waals surface area (Å²) in [6.07, 6.45) is 1.03. The van der Waals surface area contributed by atoms with Crippen molar-refractivity contribution in [2.75, 3.05) is 22.4 Å². The third-order valence-corrected chi connectivity index (χ3v) is 5.28. The second kappa shape index (κ2) is 8.23. The van der Waals surface area contributed by atoms with Gasteiger partial charge in [0.2, 0.25) is 15.9 Å². The van der Waals surface area contributed by atoms with Crippen molar-refractivity contribution in [3.8, 4) is 6.07 Å². The second-order valence-corrected chi connectivity index (χ2v) is 8.58. The number of carbonyl (C=O) groups excluding carboxylic acids is 1. The predicted molar refractivity (Wildman–Crippen MR) is 107 cm³/mol. The summed E-state index contributed by atoms with van der Waals surface area (Å²) in [5, 5.41) is 11.9. The number of nitrogens with one attached hydrogen (secondary N) is 1. The monoisotopic (exact) mass is 385 g/mol. The molecule has 0 aliphatic rings. The number of sulfonamides is 1. The van der Waals surface area contributed by atoms with Gasteiger partial charge in [-0.05, 0) is 42.2 Å². The number of aryl methyl sites for hydroxylation is 1. The number of nitrogens with zero attached hydrogens (tertiary/aromatic N) is 2. The first-order valence-corrected chi connectivity index (χ1v) is 10.4. The molecular weight excluding hydrogens is 362 g/mol. The molecule has 7 heteroatoms. The molecule has 0 atom stereocenters. The van der Waals surface area contributed by atoms with Crippen molar-refractivity contribution >= 4 is 27.3 Å². The molecule has 2 rings (SSSR count). The van der Waals surface area contributed by atoms with Crippen LogP contribution in [-0.4, -0.2) is 27.1 Å². The van der Waals surface area contributed by atoms with Crippen LogP contribution in [0.5, 0.6) is 0 Å². The van der Waals surface area contributed by atoms with E-state index in [1.807, 2.05) is 45.0 Å². The molecule has 0 aromatic heterocycles. The predicted octanol–water partition coefficient (Wildman–Crippen LogP) is 3.39. The standard InChI is InChI=1S/C20H23N3O3S/c1-14(2)18-10-5-7-15(3)20(18)22-19(24)13-23(27(4,25)26)17-9-6-8-16(11-17)12-21/h5-11,14H,13H2,1-4H3,(H,22,24). The summed E-state index contributed by atoms with van der Waals surface area (Å²) in [6, 6.07) is 13.9. The Kier molecular flexibility index (Phi) is 6.24. The zero-order valence-corrected chi connectivity index (χ0v) is 16.7. The van der Waals surface area contributed by atoms with E-state index in [1.165, 1.54) is 6.07 Å². The molecule has 0 aliphatic carbocycles. The van der Waals surface area contributed by atoms with Gasteiger partial charge in [0.05, 0.1) is 23.6 Å². The van der Waals surface area contributed by atoms with E-state index in [1.54, 1.807) is 18.2 Å². The summed E-state index contributed by atoms with van der Waals surface area (Å²) in [5.74, 6) is -0.238. The minimum absolute atomic E-state index is 0.207. The Labute approximate surface area is 160 Å². The van der Waals surface area contributed by atoms with Gasteiger partial charge in [-0.3, -0.25) is 9.10 Å². The van der Waals surface area contributed by atoms with Gasteiger partial charge in [-0.2, -0.15) is 5.26 Å². The fourth-order valence-electron chi connectivity index (χ4n) is 2.78. The molecule has 2 aromatic rings. The molecule has 6 nitrogen and oxygen atoms in total. The van der Waals surface area contributed by atoms with Crippen LogP contribution in [-0.2, 0) is 14.8 Å². The van der Waals surface area contributed by atoms with Crippen molar-refractivity contribution < 1.29 is 13.2 Å². The first-order chi connectivity index (χ1) is 12.6. The van der Waals surface area contributed by atoms with E-state index in [2.05, 4.69) is 5.32 Å². The summed E-state index contributed by atoms with van der Waals surface area (Å²) in [7, 11) is -3.70. The molecular formula is C20H23N3O3S. The Hall–Kier alpha value is -2.85. The molecule has 0 bridgehead atoms. The summed E-state index contributed by atoms with van der Waals surface area (Å²) >= 11 is 0. The van der Waals surface area contributed by atoms with Crippen LogP contribution in [0.2, 0.25) is 0 Å². The first kappa shape index (κ1) is 20.5. The van der Waals surface area contributed by atoms with Crippen molar-refractivity contribution in [3.63, 3.8) is 0 Å². The number of anilines is 2. The molecule has 1 N–H and O–H groups in total. The Morgan fingerprint density at radius 3 is 2.48 bits per heavy atom. The first-order valence-electron chi connectivity index (χ1n) is 8.50.